The molecule has 6 heteroatoms. The Kier molecular flexibility index (Phi) is 5.36. The lowest BCUT2D eigenvalue weighted by molar-refractivity contribution is -0.145. The fourth-order valence-electron chi connectivity index (χ4n) is 5.89. The van der Waals surface area contributed by atoms with Crippen LogP contribution in [0.5, 0.6) is 0 Å². The first kappa shape index (κ1) is 19.4. The molecule has 4 rings (SSSR count). The molecule has 0 aromatic carbocycles. The maximum atomic E-state index is 12.7. The first-order valence-corrected chi connectivity index (χ1v) is 10.6. The summed E-state index contributed by atoms with van der Waals surface area (Å²) in [6.45, 7) is 9.65. The Hall–Kier alpha value is -0.950. The van der Waals surface area contributed by atoms with E-state index in [-0.39, 0.29) is 35.9 Å². The number of fused-ring (bicyclic) bond motifs is 2. The second-order valence-electron chi connectivity index (χ2n) is 9.16. The molecule has 27 heavy (non-hydrogen) atoms. The van der Waals surface area contributed by atoms with Crippen molar-refractivity contribution in [2.24, 2.45) is 23.2 Å². The van der Waals surface area contributed by atoms with E-state index in [0.29, 0.717) is 19.0 Å². The van der Waals surface area contributed by atoms with Crippen molar-refractivity contribution in [2.75, 3.05) is 45.9 Å². The number of carbonyl (C=O) groups is 1. The molecule has 0 bridgehead atoms. The monoisotopic (exact) mass is 378 g/mol. The Bertz CT molecular complexity index is 601. The van der Waals surface area contributed by atoms with E-state index in [1.165, 1.54) is 5.57 Å². The number of carbonyl (C=O) groups excluding carboxylic acids is 1. The second kappa shape index (κ2) is 7.47. The van der Waals surface area contributed by atoms with E-state index < -0.39 is 6.10 Å². The molecule has 2 aliphatic carbocycles. The Balaban J connectivity index is 1.48. The lowest BCUT2D eigenvalue weighted by Crippen LogP contribution is -2.55. The van der Waals surface area contributed by atoms with E-state index in [0.717, 1.165) is 45.4 Å². The largest absolute Gasteiger partial charge is 0.461 e. The predicted molar refractivity (Wildman–Crippen MR) is 102 cm³/mol. The number of nitrogens with zero attached hydrogens (tertiary/aromatic N) is 2. The maximum Gasteiger partial charge on any atom is 0.311 e. The average Bonchev–Trinajstić information content (AvgIpc) is 2.95. The summed E-state index contributed by atoms with van der Waals surface area (Å²) in [5.41, 5.74) is 1.06. The van der Waals surface area contributed by atoms with Gasteiger partial charge in [0.2, 0.25) is 0 Å². The van der Waals surface area contributed by atoms with Gasteiger partial charge < -0.3 is 14.9 Å². The third-order valence-corrected chi connectivity index (χ3v) is 7.91. The molecule has 152 valence electrons. The van der Waals surface area contributed by atoms with Crippen LogP contribution < -0.4 is 0 Å². The third kappa shape index (κ3) is 3.24. The Morgan fingerprint density at radius 2 is 1.96 bits per heavy atom. The molecule has 0 spiro atoms. The van der Waals surface area contributed by atoms with Crippen LogP contribution in [0.15, 0.2) is 11.6 Å². The van der Waals surface area contributed by atoms with E-state index in [9.17, 15) is 9.90 Å². The number of rotatable bonds is 4. The van der Waals surface area contributed by atoms with E-state index in [1.54, 1.807) is 0 Å². The molecule has 2 saturated heterocycles. The van der Waals surface area contributed by atoms with E-state index >= 15 is 0 Å². The summed E-state index contributed by atoms with van der Waals surface area (Å²) in [6.07, 6.45) is 4.53. The Morgan fingerprint density at radius 3 is 2.67 bits per heavy atom. The van der Waals surface area contributed by atoms with Gasteiger partial charge in [0.1, 0.15) is 6.10 Å². The van der Waals surface area contributed by atoms with Crippen LogP contribution in [0.25, 0.3) is 0 Å². The number of β-amino-alcohol motifs (C(OH)–C–C–N with tert-alkyl or cyclic N) is 1. The first-order valence-electron chi connectivity index (χ1n) is 10.6. The topological polar surface area (TPSA) is 73.2 Å². The lowest BCUT2D eigenvalue weighted by atomic mass is 9.55. The van der Waals surface area contributed by atoms with Crippen molar-refractivity contribution in [3.63, 3.8) is 0 Å². The molecule has 3 fully saturated rings. The molecular formula is C21H34N2O4. The lowest BCUT2D eigenvalue weighted by Gasteiger charge is -2.52. The van der Waals surface area contributed by atoms with Gasteiger partial charge in [-0.2, -0.15) is 0 Å². The van der Waals surface area contributed by atoms with Gasteiger partial charge in [0.25, 0.3) is 0 Å². The van der Waals surface area contributed by atoms with Gasteiger partial charge in [0.15, 0.2) is 0 Å². The highest BCUT2D eigenvalue weighted by Gasteiger charge is 2.59. The van der Waals surface area contributed by atoms with E-state index in [4.69, 9.17) is 9.84 Å². The Labute approximate surface area is 162 Å². The third-order valence-electron chi connectivity index (χ3n) is 7.91. The van der Waals surface area contributed by atoms with E-state index in [1.807, 2.05) is 0 Å². The summed E-state index contributed by atoms with van der Waals surface area (Å²) in [7, 11) is 0. The average molecular weight is 379 g/mol. The molecule has 1 saturated carbocycles. The number of aliphatic hydroxyl groups excluding tert-OH is 2. The molecule has 6 nitrogen and oxygen atoms in total. The molecule has 0 unspecified atom stereocenters. The number of aliphatic hydroxyl groups is 2. The molecular weight excluding hydrogens is 344 g/mol. The van der Waals surface area contributed by atoms with Crippen molar-refractivity contribution >= 4 is 5.97 Å². The highest BCUT2D eigenvalue weighted by atomic mass is 16.6. The minimum Gasteiger partial charge on any atom is -0.461 e. The summed E-state index contributed by atoms with van der Waals surface area (Å²) in [5, 5.41) is 20.5. The van der Waals surface area contributed by atoms with Gasteiger partial charge in [-0.3, -0.25) is 14.6 Å². The highest BCUT2D eigenvalue weighted by molar-refractivity contribution is 5.76. The fourth-order valence-corrected chi connectivity index (χ4v) is 5.89. The normalized spacial score (nSPS) is 43.0. The molecule has 0 aromatic heterocycles. The quantitative estimate of drug-likeness (QED) is 0.559. The van der Waals surface area contributed by atoms with Crippen LogP contribution in [0.1, 0.15) is 33.1 Å². The number of allylic oxidation sites excluding steroid dienone is 1. The van der Waals surface area contributed by atoms with Gasteiger partial charge in [0, 0.05) is 57.0 Å². The SMILES string of the molecule is C[C@@H]1CCC=C2C[C@H]3OC(=O)[C@H](CN4CCN(CCO)CC4)[C@H]3[C@H](O)[C@@]21C. The standard InChI is InChI=1S/C21H34N2O4/c1-14-4-3-5-15-12-17-18(19(25)21(14,15)2)16(20(26)27-17)13-23-8-6-22(7-9-23)10-11-24/h5,14,16-19,24-25H,3-4,6-13H2,1-2H3/t14-,16-,17-,18-,19+,21-/m1/s1. The van der Waals surface area contributed by atoms with Crippen molar-refractivity contribution in [1.82, 2.24) is 9.80 Å². The van der Waals surface area contributed by atoms with Crippen molar-refractivity contribution in [3.05, 3.63) is 11.6 Å². The number of piperazine rings is 1. The number of hydrogen-bond donors (Lipinski definition) is 2. The van der Waals surface area contributed by atoms with Gasteiger partial charge in [0.05, 0.1) is 18.6 Å². The van der Waals surface area contributed by atoms with Crippen molar-refractivity contribution in [2.45, 2.75) is 45.3 Å². The van der Waals surface area contributed by atoms with Crippen LogP contribution in [0.3, 0.4) is 0 Å². The van der Waals surface area contributed by atoms with Crippen LogP contribution in [0, 0.1) is 23.2 Å². The Morgan fingerprint density at radius 1 is 1.26 bits per heavy atom. The predicted octanol–water partition coefficient (Wildman–Crippen LogP) is 0.881. The van der Waals surface area contributed by atoms with Crippen molar-refractivity contribution in [3.8, 4) is 0 Å². The van der Waals surface area contributed by atoms with Crippen LogP contribution >= 0.6 is 0 Å². The summed E-state index contributed by atoms with van der Waals surface area (Å²) < 4.78 is 5.77. The number of hydrogen-bond acceptors (Lipinski definition) is 6. The zero-order chi connectivity index (χ0) is 19.2. The zero-order valence-electron chi connectivity index (χ0n) is 16.6. The number of ether oxygens (including phenoxy) is 1. The van der Waals surface area contributed by atoms with Crippen LogP contribution in [-0.2, 0) is 9.53 Å². The molecule has 2 heterocycles. The van der Waals surface area contributed by atoms with Crippen molar-refractivity contribution < 1.29 is 19.7 Å². The van der Waals surface area contributed by atoms with Gasteiger partial charge >= 0.3 is 5.97 Å². The molecule has 0 amide bonds. The van der Waals surface area contributed by atoms with Gasteiger partial charge in [-0.25, -0.2) is 0 Å². The maximum absolute atomic E-state index is 12.7. The van der Waals surface area contributed by atoms with Crippen LogP contribution in [-0.4, -0.2) is 84.1 Å². The van der Waals surface area contributed by atoms with Gasteiger partial charge in [-0.05, 0) is 18.8 Å². The molecule has 4 aliphatic rings. The second-order valence-corrected chi connectivity index (χ2v) is 9.16. The molecule has 0 aromatic rings. The van der Waals surface area contributed by atoms with Gasteiger partial charge in [-0.15, -0.1) is 0 Å². The van der Waals surface area contributed by atoms with Crippen LogP contribution in [0.2, 0.25) is 0 Å². The van der Waals surface area contributed by atoms with Crippen LogP contribution in [0.4, 0.5) is 0 Å². The number of esters is 1. The minimum atomic E-state index is -0.523. The van der Waals surface area contributed by atoms with Crippen molar-refractivity contribution in [1.29, 1.82) is 0 Å². The zero-order valence-corrected chi connectivity index (χ0v) is 16.6. The first-order chi connectivity index (χ1) is 12.9. The molecule has 2 N–H and O–H groups in total. The van der Waals surface area contributed by atoms with E-state index in [2.05, 4.69) is 29.7 Å². The molecule has 2 aliphatic heterocycles. The highest BCUT2D eigenvalue weighted by Crippen LogP contribution is 2.56. The molecule has 0 radical (unpaired) electrons. The summed E-state index contributed by atoms with van der Waals surface area (Å²) >= 11 is 0. The minimum absolute atomic E-state index is 0.101. The molecule has 6 atom stereocenters. The smallest absolute Gasteiger partial charge is 0.311 e. The fraction of sp³-hybridized carbons (Fsp3) is 0.857. The van der Waals surface area contributed by atoms with Gasteiger partial charge in [-0.1, -0.05) is 25.5 Å². The summed E-state index contributed by atoms with van der Waals surface area (Å²) in [5.74, 6) is -0.0401. The summed E-state index contributed by atoms with van der Waals surface area (Å²) in [6, 6.07) is 0. The summed E-state index contributed by atoms with van der Waals surface area (Å²) in [4.78, 5) is 17.3.